The number of nitrogens with zero attached hydrogens (tertiary/aromatic N) is 2. The fourth-order valence-corrected chi connectivity index (χ4v) is 1.87. The highest BCUT2D eigenvalue weighted by Crippen LogP contribution is 2.12. The van der Waals surface area contributed by atoms with Gasteiger partial charge >= 0.3 is 0 Å². The summed E-state index contributed by atoms with van der Waals surface area (Å²) in [5.74, 6) is 0.294. The molecule has 0 aliphatic heterocycles. The molecule has 116 valence electrons. The Morgan fingerprint density at radius 1 is 1.26 bits per heavy atom. The first-order valence-electron chi connectivity index (χ1n) is 7.19. The predicted molar refractivity (Wildman–Crippen MR) is 88.1 cm³/mol. The second-order valence-electron chi connectivity index (χ2n) is 4.94. The fourth-order valence-electron chi connectivity index (χ4n) is 1.87. The third kappa shape index (κ3) is 5.29. The number of hydrogen-bond donors (Lipinski definition) is 1. The topological polar surface area (TPSA) is 74.5 Å². The third-order valence-electron chi connectivity index (χ3n) is 3.17. The van der Waals surface area contributed by atoms with Gasteiger partial charge in [-0.2, -0.15) is 10.4 Å². The zero-order chi connectivity index (χ0) is 16.5. The Hall–Kier alpha value is -3.13. The maximum Gasteiger partial charge on any atom is 0.277 e. The van der Waals surface area contributed by atoms with E-state index in [2.05, 4.69) is 10.5 Å². The highest BCUT2D eigenvalue weighted by atomic mass is 16.5. The average molecular weight is 307 g/mol. The maximum atomic E-state index is 11.7. The van der Waals surface area contributed by atoms with Crippen LogP contribution in [-0.2, 0) is 4.79 Å². The van der Waals surface area contributed by atoms with Gasteiger partial charge in [0.05, 0.1) is 11.6 Å². The molecule has 0 unspecified atom stereocenters. The number of ether oxygens (including phenoxy) is 1. The average Bonchev–Trinajstić information content (AvgIpc) is 2.61. The number of nitrogens with one attached hydrogen (secondary N) is 1. The molecule has 0 aliphatic rings. The van der Waals surface area contributed by atoms with Gasteiger partial charge in [0.25, 0.3) is 5.91 Å². The summed E-state index contributed by atoms with van der Waals surface area (Å²) in [4.78, 5) is 11.7. The minimum absolute atomic E-state index is 0.107. The molecule has 0 fully saturated rings. The minimum Gasteiger partial charge on any atom is -0.484 e. The Labute approximate surface area is 135 Å². The van der Waals surface area contributed by atoms with Crippen LogP contribution in [0.15, 0.2) is 59.7 Å². The molecule has 2 rings (SSSR count). The number of benzene rings is 2. The van der Waals surface area contributed by atoms with Crippen molar-refractivity contribution in [1.29, 1.82) is 5.26 Å². The van der Waals surface area contributed by atoms with Gasteiger partial charge in [0, 0.05) is 12.1 Å². The normalized spacial score (nSPS) is 11.7. The second-order valence-corrected chi connectivity index (χ2v) is 4.94. The van der Waals surface area contributed by atoms with Crippen molar-refractivity contribution in [3.05, 3.63) is 65.7 Å². The van der Waals surface area contributed by atoms with Crippen molar-refractivity contribution in [3.63, 3.8) is 0 Å². The van der Waals surface area contributed by atoms with Crippen molar-refractivity contribution < 1.29 is 9.53 Å². The third-order valence-corrected chi connectivity index (χ3v) is 3.17. The first-order valence-corrected chi connectivity index (χ1v) is 7.19. The molecule has 2 aromatic rings. The van der Waals surface area contributed by atoms with E-state index in [1.807, 2.05) is 43.3 Å². The second kappa shape index (κ2) is 8.35. The summed E-state index contributed by atoms with van der Waals surface area (Å²) >= 11 is 0. The molecule has 0 saturated carbocycles. The lowest BCUT2D eigenvalue weighted by molar-refractivity contribution is -0.123. The summed E-state index contributed by atoms with van der Waals surface area (Å²) in [6.45, 7) is 1.86. The Morgan fingerprint density at radius 3 is 2.61 bits per heavy atom. The molecule has 0 aliphatic carbocycles. The first-order chi connectivity index (χ1) is 11.2. The highest BCUT2D eigenvalue weighted by Gasteiger charge is 2.03. The van der Waals surface area contributed by atoms with Crippen LogP contribution in [0.5, 0.6) is 5.75 Å². The van der Waals surface area contributed by atoms with E-state index < -0.39 is 0 Å². The van der Waals surface area contributed by atoms with Crippen molar-refractivity contribution in [2.24, 2.45) is 5.10 Å². The molecule has 0 aromatic heterocycles. The van der Waals surface area contributed by atoms with Gasteiger partial charge in [-0.25, -0.2) is 5.43 Å². The van der Waals surface area contributed by atoms with Crippen molar-refractivity contribution in [2.45, 2.75) is 12.8 Å². The number of hydrogen-bond acceptors (Lipinski definition) is 4. The molecule has 0 radical (unpaired) electrons. The van der Waals surface area contributed by atoms with Crippen molar-refractivity contribution >= 4 is 12.1 Å². The van der Waals surface area contributed by atoms with Crippen molar-refractivity contribution in [2.75, 3.05) is 6.61 Å². The van der Waals surface area contributed by atoms with E-state index in [9.17, 15) is 4.79 Å². The zero-order valence-electron chi connectivity index (χ0n) is 12.8. The smallest absolute Gasteiger partial charge is 0.277 e. The minimum atomic E-state index is -0.342. The van der Waals surface area contributed by atoms with Crippen LogP contribution < -0.4 is 10.2 Å². The number of carbonyl (C=O) groups is 1. The lowest BCUT2D eigenvalue weighted by Gasteiger charge is -2.06. The molecule has 23 heavy (non-hydrogen) atoms. The molecule has 0 heterocycles. The van der Waals surface area contributed by atoms with Gasteiger partial charge < -0.3 is 4.74 Å². The molecule has 5 nitrogen and oxygen atoms in total. The fraction of sp³-hybridized carbons (Fsp3) is 0.167. The van der Waals surface area contributed by atoms with E-state index in [-0.39, 0.29) is 18.4 Å². The number of amides is 1. The molecule has 1 amide bonds. The zero-order valence-corrected chi connectivity index (χ0v) is 12.8. The van der Waals surface area contributed by atoms with Crippen LogP contribution in [0.1, 0.15) is 24.0 Å². The van der Waals surface area contributed by atoms with Gasteiger partial charge in [0.15, 0.2) is 6.61 Å². The molecule has 0 saturated heterocycles. The number of rotatable bonds is 6. The largest absolute Gasteiger partial charge is 0.484 e. The molecule has 1 N–H and O–H groups in total. The summed E-state index contributed by atoms with van der Waals surface area (Å²) in [6, 6.07) is 18.5. The Balaban J connectivity index is 1.76. The first kappa shape index (κ1) is 16.2. The number of carbonyl (C=O) groups excluding carboxylic acids is 1. The van der Waals surface area contributed by atoms with Crippen LogP contribution in [-0.4, -0.2) is 18.7 Å². The van der Waals surface area contributed by atoms with Crippen LogP contribution in [0, 0.1) is 11.3 Å². The maximum absolute atomic E-state index is 11.7. The van der Waals surface area contributed by atoms with Crippen molar-refractivity contribution in [1.82, 2.24) is 5.43 Å². The van der Waals surface area contributed by atoms with Crippen LogP contribution in [0.25, 0.3) is 0 Å². The lowest BCUT2D eigenvalue weighted by Crippen LogP contribution is -2.24. The van der Waals surface area contributed by atoms with Gasteiger partial charge in [-0.15, -0.1) is 0 Å². The SMILES string of the molecule is C[C@@H](/C=N\NC(=O)COc1ccc(C#N)cc1)c1ccccc1. The van der Waals surface area contributed by atoms with E-state index in [1.54, 1.807) is 30.5 Å². The summed E-state index contributed by atoms with van der Waals surface area (Å²) in [5, 5.41) is 12.6. The van der Waals surface area contributed by atoms with Crippen molar-refractivity contribution in [3.8, 4) is 11.8 Å². The number of hydrazone groups is 1. The van der Waals surface area contributed by atoms with Gasteiger partial charge in [0.1, 0.15) is 5.75 Å². The van der Waals surface area contributed by atoms with Gasteiger partial charge in [-0.1, -0.05) is 37.3 Å². The molecule has 1 atom stereocenters. The summed E-state index contributed by atoms with van der Waals surface area (Å²) in [7, 11) is 0. The summed E-state index contributed by atoms with van der Waals surface area (Å²) < 4.78 is 5.31. The van der Waals surface area contributed by atoms with E-state index in [0.29, 0.717) is 11.3 Å². The summed E-state index contributed by atoms with van der Waals surface area (Å²) in [5.41, 5.74) is 4.10. The molecule has 2 aromatic carbocycles. The van der Waals surface area contributed by atoms with Crippen LogP contribution in [0.2, 0.25) is 0 Å². The van der Waals surface area contributed by atoms with E-state index in [1.165, 1.54) is 0 Å². The van der Waals surface area contributed by atoms with E-state index in [4.69, 9.17) is 10.00 Å². The van der Waals surface area contributed by atoms with Gasteiger partial charge in [-0.05, 0) is 29.8 Å². The molecular weight excluding hydrogens is 290 g/mol. The highest BCUT2D eigenvalue weighted by molar-refractivity contribution is 5.78. The van der Waals surface area contributed by atoms with Crippen LogP contribution in [0.4, 0.5) is 0 Å². The van der Waals surface area contributed by atoms with Gasteiger partial charge in [-0.3, -0.25) is 4.79 Å². The molecule has 0 spiro atoms. The Morgan fingerprint density at radius 2 is 1.96 bits per heavy atom. The quantitative estimate of drug-likeness (QED) is 0.658. The molecule has 5 heteroatoms. The predicted octanol–water partition coefficient (Wildman–Crippen LogP) is 2.84. The Bertz CT molecular complexity index is 703. The molecule has 0 bridgehead atoms. The Kier molecular flexibility index (Phi) is 5.89. The van der Waals surface area contributed by atoms with E-state index in [0.717, 1.165) is 5.56 Å². The monoisotopic (exact) mass is 307 g/mol. The van der Waals surface area contributed by atoms with Gasteiger partial charge in [0.2, 0.25) is 0 Å². The van der Waals surface area contributed by atoms with Crippen LogP contribution >= 0.6 is 0 Å². The van der Waals surface area contributed by atoms with Crippen LogP contribution in [0.3, 0.4) is 0 Å². The number of nitriles is 1. The molecular formula is C18H17N3O2. The summed E-state index contributed by atoms with van der Waals surface area (Å²) in [6.07, 6.45) is 1.68. The van der Waals surface area contributed by atoms with E-state index >= 15 is 0 Å². The lowest BCUT2D eigenvalue weighted by atomic mass is 10.0. The standard InChI is InChI=1S/C18H17N3O2/c1-14(16-5-3-2-4-6-16)12-20-21-18(22)13-23-17-9-7-15(11-19)8-10-17/h2-10,12,14H,13H2,1H3,(H,21,22)/b20-12-/t14-/m0/s1.